The second kappa shape index (κ2) is 10.6. The Morgan fingerprint density at radius 1 is 0.968 bits per heavy atom. The van der Waals surface area contributed by atoms with Crippen LogP contribution in [-0.2, 0) is 4.79 Å². The van der Waals surface area contributed by atoms with E-state index in [-0.39, 0.29) is 18.4 Å². The van der Waals surface area contributed by atoms with Crippen LogP contribution in [0.25, 0.3) is 0 Å². The number of carbonyl (C=O) groups is 2. The normalized spacial score (nSPS) is 10.1. The lowest BCUT2D eigenvalue weighted by atomic mass is 10.1. The van der Waals surface area contributed by atoms with Crippen LogP contribution in [0.15, 0.2) is 91.5 Å². The molecule has 0 bridgehead atoms. The Morgan fingerprint density at radius 2 is 1.65 bits per heavy atom. The topological polar surface area (TPSA) is 70.7 Å². The first-order valence-corrected chi connectivity index (χ1v) is 9.88. The largest absolute Gasteiger partial charge is 0.487 e. The van der Waals surface area contributed by atoms with Gasteiger partial charge >= 0.3 is 0 Å². The van der Waals surface area contributed by atoms with Crippen LogP contribution in [0.2, 0.25) is 0 Å². The minimum atomic E-state index is -0.209. The molecular weight excluding hydrogens is 390 g/mol. The molecule has 0 heterocycles. The number of nitrogens with zero attached hydrogens (tertiary/aromatic N) is 1. The molecule has 2 N–H and O–H groups in total. The first-order valence-electron chi connectivity index (χ1n) is 9.88. The van der Waals surface area contributed by atoms with Crippen LogP contribution in [-0.4, -0.2) is 32.0 Å². The zero-order valence-electron chi connectivity index (χ0n) is 17.4. The monoisotopic (exact) mass is 415 g/mol. The van der Waals surface area contributed by atoms with Crippen molar-refractivity contribution in [2.75, 3.05) is 35.7 Å². The van der Waals surface area contributed by atoms with Gasteiger partial charge in [0.15, 0.2) is 0 Å². The minimum absolute atomic E-state index is 0.0753. The van der Waals surface area contributed by atoms with Gasteiger partial charge in [0.05, 0.1) is 12.2 Å². The lowest BCUT2D eigenvalue weighted by Gasteiger charge is -2.17. The van der Waals surface area contributed by atoms with E-state index in [2.05, 4.69) is 17.2 Å². The van der Waals surface area contributed by atoms with Gasteiger partial charge in [0.2, 0.25) is 5.91 Å². The van der Waals surface area contributed by atoms with Crippen molar-refractivity contribution >= 4 is 28.9 Å². The van der Waals surface area contributed by atoms with E-state index in [1.807, 2.05) is 54.6 Å². The molecule has 0 aliphatic rings. The number of ether oxygens (including phenoxy) is 1. The Morgan fingerprint density at radius 3 is 2.35 bits per heavy atom. The van der Waals surface area contributed by atoms with Crippen molar-refractivity contribution < 1.29 is 14.3 Å². The fraction of sp³-hybridized carbons (Fsp3) is 0.120. The molecular formula is C25H25N3O3. The van der Waals surface area contributed by atoms with Crippen molar-refractivity contribution in [3.05, 3.63) is 97.1 Å². The minimum Gasteiger partial charge on any atom is -0.487 e. The predicted octanol–water partition coefficient (Wildman–Crippen LogP) is 4.58. The molecule has 0 aromatic heterocycles. The standard InChI is InChI=1S/C25H25N3O3/c1-3-17-31-23-12-8-7-11-22(23)26-18-24(29)27-20-15-13-19(14-16-20)25(30)28(2)21-9-5-4-6-10-21/h3-16,26H,1,17-18H2,2H3,(H,27,29). The van der Waals surface area contributed by atoms with Gasteiger partial charge in [-0.15, -0.1) is 0 Å². The maximum absolute atomic E-state index is 12.7. The Bertz CT molecular complexity index is 1030. The number of amides is 2. The van der Waals surface area contributed by atoms with Gasteiger partial charge in [-0.05, 0) is 48.5 Å². The van der Waals surface area contributed by atoms with Crippen molar-refractivity contribution in [3.63, 3.8) is 0 Å². The zero-order valence-corrected chi connectivity index (χ0v) is 17.4. The predicted molar refractivity (Wildman–Crippen MR) is 125 cm³/mol. The van der Waals surface area contributed by atoms with Crippen molar-refractivity contribution in [2.24, 2.45) is 0 Å². The average Bonchev–Trinajstić information content (AvgIpc) is 2.82. The molecule has 0 fully saturated rings. The van der Waals surface area contributed by atoms with E-state index < -0.39 is 0 Å². The van der Waals surface area contributed by atoms with E-state index >= 15 is 0 Å². The van der Waals surface area contributed by atoms with Crippen LogP contribution < -0.4 is 20.3 Å². The van der Waals surface area contributed by atoms with Gasteiger partial charge < -0.3 is 20.3 Å². The van der Waals surface area contributed by atoms with Gasteiger partial charge in [-0.3, -0.25) is 9.59 Å². The van der Waals surface area contributed by atoms with Crippen molar-refractivity contribution in [3.8, 4) is 5.75 Å². The molecule has 3 aromatic rings. The summed E-state index contributed by atoms with van der Waals surface area (Å²) in [6, 6.07) is 23.6. The molecule has 0 saturated heterocycles. The molecule has 0 radical (unpaired) electrons. The van der Waals surface area contributed by atoms with E-state index in [1.54, 1.807) is 42.3 Å². The summed E-state index contributed by atoms with van der Waals surface area (Å²) in [6.07, 6.45) is 1.66. The number of nitrogens with one attached hydrogen (secondary N) is 2. The van der Waals surface area contributed by atoms with Crippen LogP contribution in [0.5, 0.6) is 5.75 Å². The van der Waals surface area contributed by atoms with Crippen LogP contribution in [0.4, 0.5) is 17.1 Å². The quantitative estimate of drug-likeness (QED) is 0.502. The Hall–Kier alpha value is -4.06. The molecule has 6 heteroatoms. The Labute approximate surface area is 182 Å². The third-order valence-corrected chi connectivity index (χ3v) is 4.55. The SMILES string of the molecule is C=CCOc1ccccc1NCC(=O)Nc1ccc(C(=O)N(C)c2ccccc2)cc1. The smallest absolute Gasteiger partial charge is 0.258 e. The molecule has 2 amide bonds. The van der Waals surface area contributed by atoms with Gasteiger partial charge in [0.25, 0.3) is 5.91 Å². The van der Waals surface area contributed by atoms with Gasteiger partial charge in [-0.1, -0.05) is 43.0 Å². The van der Waals surface area contributed by atoms with Crippen LogP contribution in [0.3, 0.4) is 0 Å². The van der Waals surface area contributed by atoms with E-state index in [0.717, 1.165) is 11.4 Å². The molecule has 0 aliphatic carbocycles. The number of hydrogen-bond donors (Lipinski definition) is 2. The summed E-state index contributed by atoms with van der Waals surface area (Å²) in [7, 11) is 1.73. The lowest BCUT2D eigenvalue weighted by Crippen LogP contribution is -2.26. The fourth-order valence-corrected chi connectivity index (χ4v) is 2.93. The van der Waals surface area contributed by atoms with Crippen LogP contribution >= 0.6 is 0 Å². The van der Waals surface area contributed by atoms with Gasteiger partial charge in [-0.25, -0.2) is 0 Å². The number of hydrogen-bond acceptors (Lipinski definition) is 4. The van der Waals surface area contributed by atoms with E-state index in [4.69, 9.17) is 4.74 Å². The lowest BCUT2D eigenvalue weighted by molar-refractivity contribution is -0.114. The van der Waals surface area contributed by atoms with E-state index in [1.165, 1.54) is 0 Å². The second-order valence-electron chi connectivity index (χ2n) is 6.77. The van der Waals surface area contributed by atoms with E-state index in [9.17, 15) is 9.59 Å². The summed E-state index contributed by atoms with van der Waals surface area (Å²) in [5.41, 5.74) is 2.69. The van der Waals surface area contributed by atoms with Crippen molar-refractivity contribution in [1.82, 2.24) is 0 Å². The number of rotatable bonds is 9. The van der Waals surface area contributed by atoms with Gasteiger partial charge in [-0.2, -0.15) is 0 Å². The van der Waals surface area contributed by atoms with Gasteiger partial charge in [0.1, 0.15) is 12.4 Å². The molecule has 3 aromatic carbocycles. The van der Waals surface area contributed by atoms with Gasteiger partial charge in [0, 0.05) is 24.0 Å². The molecule has 3 rings (SSSR count). The summed E-state index contributed by atoms with van der Waals surface area (Å²) in [5, 5.41) is 5.89. The first-order chi connectivity index (χ1) is 15.1. The summed E-state index contributed by atoms with van der Waals surface area (Å²) >= 11 is 0. The average molecular weight is 415 g/mol. The highest BCUT2D eigenvalue weighted by Crippen LogP contribution is 2.23. The van der Waals surface area contributed by atoms with Crippen LogP contribution in [0.1, 0.15) is 10.4 Å². The fourth-order valence-electron chi connectivity index (χ4n) is 2.93. The van der Waals surface area contributed by atoms with Crippen molar-refractivity contribution in [1.29, 1.82) is 0 Å². The third-order valence-electron chi connectivity index (χ3n) is 4.55. The summed E-state index contributed by atoms with van der Waals surface area (Å²) < 4.78 is 5.58. The molecule has 0 unspecified atom stereocenters. The molecule has 0 spiro atoms. The highest BCUT2D eigenvalue weighted by molar-refractivity contribution is 6.06. The number of carbonyl (C=O) groups excluding carboxylic acids is 2. The Kier molecular flexibility index (Phi) is 7.43. The maximum Gasteiger partial charge on any atom is 0.258 e. The number of para-hydroxylation sites is 3. The molecule has 158 valence electrons. The summed E-state index contributed by atoms with van der Waals surface area (Å²) in [6.45, 7) is 4.09. The molecule has 31 heavy (non-hydrogen) atoms. The molecule has 6 nitrogen and oxygen atoms in total. The molecule has 0 aliphatic heterocycles. The first kappa shape index (κ1) is 21.6. The number of anilines is 3. The third kappa shape index (κ3) is 5.96. The van der Waals surface area contributed by atoms with Crippen molar-refractivity contribution in [2.45, 2.75) is 0 Å². The number of benzene rings is 3. The highest BCUT2D eigenvalue weighted by atomic mass is 16.5. The summed E-state index contributed by atoms with van der Waals surface area (Å²) in [5.74, 6) is 0.321. The molecule has 0 atom stereocenters. The summed E-state index contributed by atoms with van der Waals surface area (Å²) in [4.78, 5) is 26.6. The zero-order chi connectivity index (χ0) is 22.1. The maximum atomic E-state index is 12.7. The van der Waals surface area contributed by atoms with Crippen LogP contribution in [0, 0.1) is 0 Å². The Balaban J connectivity index is 1.56. The molecule has 0 saturated carbocycles. The highest BCUT2D eigenvalue weighted by Gasteiger charge is 2.13. The second-order valence-corrected chi connectivity index (χ2v) is 6.77. The van der Waals surface area contributed by atoms with E-state index in [0.29, 0.717) is 23.6 Å².